The average molecular weight is 225 g/mol. The molecule has 0 aliphatic rings. The zero-order chi connectivity index (χ0) is 11.3. The number of aryl methyl sites for hydroxylation is 1. The standard InChI is InChI=1S/C14H21Cl/c1-4-12-6-8-13(9-7-12)10-14(3,5-2)11-15/h6-9H,4-5,10-11H2,1-3H3. The van der Waals surface area contributed by atoms with Gasteiger partial charge in [0.25, 0.3) is 0 Å². The fraction of sp³-hybridized carbons (Fsp3) is 0.571. The molecule has 0 fully saturated rings. The van der Waals surface area contributed by atoms with Gasteiger partial charge >= 0.3 is 0 Å². The Morgan fingerprint density at radius 1 is 1.07 bits per heavy atom. The van der Waals surface area contributed by atoms with Gasteiger partial charge in [0.05, 0.1) is 0 Å². The van der Waals surface area contributed by atoms with E-state index in [1.54, 1.807) is 0 Å². The first kappa shape index (κ1) is 12.6. The lowest BCUT2D eigenvalue weighted by molar-refractivity contribution is 0.355. The van der Waals surface area contributed by atoms with Crippen LogP contribution in [0.4, 0.5) is 0 Å². The van der Waals surface area contributed by atoms with Crippen LogP contribution in [-0.4, -0.2) is 5.88 Å². The third kappa shape index (κ3) is 3.53. The van der Waals surface area contributed by atoms with Crippen LogP contribution < -0.4 is 0 Å². The minimum absolute atomic E-state index is 0.245. The number of halogens is 1. The Morgan fingerprint density at radius 2 is 1.60 bits per heavy atom. The van der Waals surface area contributed by atoms with Crippen LogP contribution in [0.1, 0.15) is 38.3 Å². The van der Waals surface area contributed by atoms with Gasteiger partial charge in [-0.2, -0.15) is 0 Å². The van der Waals surface area contributed by atoms with E-state index in [9.17, 15) is 0 Å². The summed E-state index contributed by atoms with van der Waals surface area (Å²) in [6.07, 6.45) is 3.32. The molecule has 0 bridgehead atoms. The van der Waals surface area contributed by atoms with Crippen LogP contribution >= 0.6 is 11.6 Å². The predicted molar refractivity (Wildman–Crippen MR) is 68.6 cm³/mol. The van der Waals surface area contributed by atoms with Crippen LogP contribution in [-0.2, 0) is 12.8 Å². The molecule has 1 atom stereocenters. The number of rotatable bonds is 5. The lowest BCUT2D eigenvalue weighted by atomic mass is 9.83. The van der Waals surface area contributed by atoms with Gasteiger partial charge in [0.15, 0.2) is 0 Å². The van der Waals surface area contributed by atoms with Crippen LogP contribution in [0.2, 0.25) is 0 Å². The van der Waals surface area contributed by atoms with Crippen LogP contribution in [0.15, 0.2) is 24.3 Å². The molecule has 0 nitrogen and oxygen atoms in total. The molecule has 0 radical (unpaired) electrons. The lowest BCUT2D eigenvalue weighted by Gasteiger charge is -2.25. The first-order valence-corrected chi connectivity index (χ1v) is 6.31. The summed E-state index contributed by atoms with van der Waals surface area (Å²) in [5.41, 5.74) is 3.05. The van der Waals surface area contributed by atoms with Crippen molar-refractivity contribution in [2.75, 3.05) is 5.88 Å². The highest BCUT2D eigenvalue weighted by Crippen LogP contribution is 2.27. The number of hydrogen-bond acceptors (Lipinski definition) is 0. The van der Waals surface area contributed by atoms with E-state index in [-0.39, 0.29) is 5.41 Å². The van der Waals surface area contributed by atoms with Crippen LogP contribution in [0.25, 0.3) is 0 Å². The second kappa shape index (κ2) is 5.55. The molecule has 0 aliphatic carbocycles. The topological polar surface area (TPSA) is 0 Å². The normalized spacial score (nSPS) is 14.9. The molecule has 0 N–H and O–H groups in total. The predicted octanol–water partition coefficient (Wildman–Crippen LogP) is 4.45. The number of benzene rings is 1. The van der Waals surface area contributed by atoms with Crippen molar-refractivity contribution in [1.29, 1.82) is 0 Å². The molecule has 0 heterocycles. The van der Waals surface area contributed by atoms with Gasteiger partial charge in [-0.1, -0.05) is 45.0 Å². The van der Waals surface area contributed by atoms with Crippen LogP contribution in [0.5, 0.6) is 0 Å². The van der Waals surface area contributed by atoms with Gasteiger partial charge in [0, 0.05) is 5.88 Å². The highest BCUT2D eigenvalue weighted by molar-refractivity contribution is 6.18. The molecule has 1 unspecified atom stereocenters. The van der Waals surface area contributed by atoms with Gasteiger partial charge in [-0.25, -0.2) is 0 Å². The Hall–Kier alpha value is -0.490. The fourth-order valence-electron chi connectivity index (χ4n) is 1.65. The van der Waals surface area contributed by atoms with E-state index in [0.29, 0.717) is 0 Å². The molecule has 0 saturated heterocycles. The summed E-state index contributed by atoms with van der Waals surface area (Å²) in [7, 11) is 0. The van der Waals surface area contributed by atoms with E-state index in [0.717, 1.165) is 25.1 Å². The van der Waals surface area contributed by atoms with Crippen molar-refractivity contribution in [3.05, 3.63) is 35.4 Å². The van der Waals surface area contributed by atoms with E-state index < -0.39 is 0 Å². The Labute approximate surface area is 98.7 Å². The van der Waals surface area contributed by atoms with Gasteiger partial charge in [-0.3, -0.25) is 0 Å². The van der Waals surface area contributed by atoms with E-state index in [1.165, 1.54) is 11.1 Å². The summed E-state index contributed by atoms with van der Waals surface area (Å²) in [6.45, 7) is 6.65. The van der Waals surface area contributed by atoms with Crippen LogP contribution in [0.3, 0.4) is 0 Å². The molecule has 0 saturated carbocycles. The first-order valence-electron chi connectivity index (χ1n) is 5.77. The van der Waals surface area contributed by atoms with Crippen molar-refractivity contribution in [3.8, 4) is 0 Å². The molecule has 84 valence electrons. The summed E-state index contributed by atoms with van der Waals surface area (Å²) < 4.78 is 0. The van der Waals surface area contributed by atoms with Gasteiger partial charge in [-0.15, -0.1) is 11.6 Å². The van der Waals surface area contributed by atoms with Gasteiger partial charge in [-0.05, 0) is 35.8 Å². The first-order chi connectivity index (χ1) is 7.13. The van der Waals surface area contributed by atoms with Crippen molar-refractivity contribution in [3.63, 3.8) is 0 Å². The smallest absolute Gasteiger partial charge is 0.0280 e. The molecule has 0 aliphatic heterocycles. The average Bonchev–Trinajstić information content (AvgIpc) is 2.30. The van der Waals surface area contributed by atoms with E-state index in [4.69, 9.17) is 11.6 Å². The maximum atomic E-state index is 6.02. The van der Waals surface area contributed by atoms with Gasteiger partial charge < -0.3 is 0 Å². The van der Waals surface area contributed by atoms with Gasteiger partial charge in [0.1, 0.15) is 0 Å². The molecule has 0 amide bonds. The van der Waals surface area contributed by atoms with Crippen molar-refractivity contribution >= 4 is 11.6 Å². The summed E-state index contributed by atoms with van der Waals surface area (Å²) in [5, 5.41) is 0. The second-order valence-electron chi connectivity index (χ2n) is 4.64. The maximum absolute atomic E-state index is 6.02. The maximum Gasteiger partial charge on any atom is 0.0280 e. The molecule has 0 aromatic heterocycles. The number of alkyl halides is 1. The van der Waals surface area contributed by atoms with Crippen molar-refractivity contribution in [2.45, 2.75) is 40.0 Å². The molecular formula is C14H21Cl. The Bertz CT molecular complexity index is 283. The minimum atomic E-state index is 0.245. The van der Waals surface area contributed by atoms with Crippen molar-refractivity contribution < 1.29 is 0 Å². The summed E-state index contributed by atoms with van der Waals surface area (Å²) in [5.74, 6) is 0.735. The SMILES string of the molecule is CCc1ccc(CC(C)(CC)CCl)cc1. The van der Waals surface area contributed by atoms with Crippen molar-refractivity contribution in [2.24, 2.45) is 5.41 Å². The van der Waals surface area contributed by atoms with Gasteiger partial charge in [0.2, 0.25) is 0 Å². The minimum Gasteiger partial charge on any atom is -0.126 e. The van der Waals surface area contributed by atoms with Crippen LogP contribution in [0, 0.1) is 5.41 Å². The molecule has 1 rings (SSSR count). The third-order valence-corrected chi connectivity index (χ3v) is 3.88. The highest BCUT2D eigenvalue weighted by Gasteiger charge is 2.20. The molecule has 15 heavy (non-hydrogen) atoms. The van der Waals surface area contributed by atoms with E-state index >= 15 is 0 Å². The van der Waals surface area contributed by atoms with E-state index in [1.807, 2.05) is 0 Å². The zero-order valence-electron chi connectivity index (χ0n) is 10.0. The molecule has 1 heteroatoms. The lowest BCUT2D eigenvalue weighted by Crippen LogP contribution is -2.20. The fourth-order valence-corrected chi connectivity index (χ4v) is 1.94. The second-order valence-corrected chi connectivity index (χ2v) is 4.91. The highest BCUT2D eigenvalue weighted by atomic mass is 35.5. The van der Waals surface area contributed by atoms with Crippen molar-refractivity contribution in [1.82, 2.24) is 0 Å². The number of hydrogen-bond donors (Lipinski definition) is 0. The Morgan fingerprint density at radius 3 is 2.00 bits per heavy atom. The largest absolute Gasteiger partial charge is 0.126 e. The summed E-state index contributed by atoms with van der Waals surface area (Å²) in [6, 6.07) is 8.91. The monoisotopic (exact) mass is 224 g/mol. The summed E-state index contributed by atoms with van der Waals surface area (Å²) in [4.78, 5) is 0. The Kier molecular flexibility index (Phi) is 4.66. The Balaban J connectivity index is 2.71. The molecule has 1 aromatic carbocycles. The zero-order valence-corrected chi connectivity index (χ0v) is 10.8. The quantitative estimate of drug-likeness (QED) is 0.649. The van der Waals surface area contributed by atoms with E-state index in [2.05, 4.69) is 45.0 Å². The molecular weight excluding hydrogens is 204 g/mol. The summed E-state index contributed by atoms with van der Waals surface area (Å²) >= 11 is 6.02. The molecule has 1 aromatic rings. The third-order valence-electron chi connectivity index (χ3n) is 3.24. The molecule has 0 spiro atoms.